The largest absolute Gasteiger partial charge is 0.508 e. The summed E-state index contributed by atoms with van der Waals surface area (Å²) in [5.74, 6) is -0.425. The molecular weight excluding hydrogens is 504 g/mol. The molecule has 1 saturated heterocycles. The average Bonchev–Trinajstić information content (AvgIpc) is 2.95. The topological polar surface area (TPSA) is 110 Å². The van der Waals surface area contributed by atoms with E-state index >= 15 is 0 Å². The van der Waals surface area contributed by atoms with Crippen LogP contribution in [-0.4, -0.2) is 67.6 Å². The highest BCUT2D eigenvalue weighted by atomic mass is 16.7. The summed E-state index contributed by atoms with van der Waals surface area (Å²) in [6, 6.07) is 19.4. The van der Waals surface area contributed by atoms with Gasteiger partial charge in [0.15, 0.2) is 0 Å². The van der Waals surface area contributed by atoms with Gasteiger partial charge in [-0.15, -0.1) is 0 Å². The van der Waals surface area contributed by atoms with Gasteiger partial charge in [-0.1, -0.05) is 66.7 Å². The van der Waals surface area contributed by atoms with Gasteiger partial charge in [0.1, 0.15) is 24.4 Å². The van der Waals surface area contributed by atoms with Crippen molar-refractivity contribution >= 4 is 12.1 Å². The normalized spacial score (nSPS) is 22.7. The molecular formula is C30H38O9. The SMILES string of the molecule is CCOC(=O)O[C@H](C)/C=C\[C@@H](O)[C@@H]1O[C@H](CC(=O)OC)C[C@H](OCc2ccccc2)[C@H]1OCc1ccccc1. The molecule has 1 aliphatic heterocycles. The minimum absolute atomic E-state index is 0.00239. The summed E-state index contributed by atoms with van der Waals surface area (Å²) in [6.07, 6.45) is -1.77. The van der Waals surface area contributed by atoms with Crippen molar-refractivity contribution in [3.05, 3.63) is 83.9 Å². The van der Waals surface area contributed by atoms with Crippen LogP contribution in [0.15, 0.2) is 72.8 Å². The predicted octanol–water partition coefficient (Wildman–Crippen LogP) is 4.36. The van der Waals surface area contributed by atoms with Crippen LogP contribution in [0.1, 0.15) is 37.8 Å². The number of benzene rings is 2. The average molecular weight is 543 g/mol. The Morgan fingerprint density at radius 1 is 1.00 bits per heavy atom. The number of hydrogen-bond donors (Lipinski definition) is 1. The first-order valence-corrected chi connectivity index (χ1v) is 13.1. The van der Waals surface area contributed by atoms with Gasteiger partial charge >= 0.3 is 12.1 Å². The Morgan fingerprint density at radius 3 is 2.21 bits per heavy atom. The van der Waals surface area contributed by atoms with E-state index in [1.807, 2.05) is 60.7 Å². The van der Waals surface area contributed by atoms with E-state index in [4.69, 9.17) is 28.4 Å². The summed E-state index contributed by atoms with van der Waals surface area (Å²) in [4.78, 5) is 23.7. The van der Waals surface area contributed by atoms with E-state index in [2.05, 4.69) is 0 Å². The summed E-state index contributed by atoms with van der Waals surface area (Å²) in [6.45, 7) is 4.13. The molecule has 6 atom stereocenters. The van der Waals surface area contributed by atoms with E-state index < -0.39 is 48.7 Å². The van der Waals surface area contributed by atoms with Crippen molar-refractivity contribution < 1.29 is 43.1 Å². The molecule has 0 spiro atoms. The van der Waals surface area contributed by atoms with Crippen LogP contribution in [0.3, 0.4) is 0 Å². The summed E-state index contributed by atoms with van der Waals surface area (Å²) in [5, 5.41) is 11.2. The second-order valence-corrected chi connectivity index (χ2v) is 9.22. The van der Waals surface area contributed by atoms with Gasteiger partial charge < -0.3 is 33.5 Å². The second kappa shape index (κ2) is 16.0. The monoisotopic (exact) mass is 542 g/mol. The van der Waals surface area contributed by atoms with E-state index in [1.165, 1.54) is 13.2 Å². The Hall–Kier alpha value is -3.24. The maximum Gasteiger partial charge on any atom is 0.508 e. The first-order valence-electron chi connectivity index (χ1n) is 13.1. The van der Waals surface area contributed by atoms with E-state index in [0.29, 0.717) is 13.0 Å². The molecule has 212 valence electrons. The third-order valence-corrected chi connectivity index (χ3v) is 6.21. The van der Waals surface area contributed by atoms with Gasteiger partial charge in [-0.05, 0) is 31.1 Å². The summed E-state index contributed by atoms with van der Waals surface area (Å²) in [7, 11) is 1.32. The van der Waals surface area contributed by atoms with Crippen molar-refractivity contribution in [3.8, 4) is 0 Å². The Kier molecular flexibility index (Phi) is 12.4. The molecule has 9 heteroatoms. The number of carbonyl (C=O) groups is 2. The van der Waals surface area contributed by atoms with Gasteiger partial charge in [-0.2, -0.15) is 0 Å². The highest BCUT2D eigenvalue weighted by Crippen LogP contribution is 2.31. The maximum atomic E-state index is 12.1. The third-order valence-electron chi connectivity index (χ3n) is 6.21. The zero-order valence-electron chi connectivity index (χ0n) is 22.6. The lowest BCUT2D eigenvalue weighted by molar-refractivity contribution is -0.226. The first-order chi connectivity index (χ1) is 18.9. The van der Waals surface area contributed by atoms with Crippen LogP contribution < -0.4 is 0 Å². The van der Waals surface area contributed by atoms with Crippen LogP contribution >= 0.6 is 0 Å². The fraction of sp³-hybridized carbons (Fsp3) is 0.467. The molecule has 0 radical (unpaired) electrons. The van der Waals surface area contributed by atoms with E-state index in [-0.39, 0.29) is 19.6 Å². The van der Waals surface area contributed by atoms with Crippen LogP contribution in [0.5, 0.6) is 0 Å². The maximum absolute atomic E-state index is 12.1. The molecule has 0 aromatic heterocycles. The smallest absolute Gasteiger partial charge is 0.469 e. The van der Waals surface area contributed by atoms with Crippen LogP contribution in [0.4, 0.5) is 4.79 Å². The third kappa shape index (κ3) is 10.1. The van der Waals surface area contributed by atoms with Gasteiger partial charge in [0, 0.05) is 6.42 Å². The molecule has 0 unspecified atom stereocenters. The zero-order chi connectivity index (χ0) is 28.0. The van der Waals surface area contributed by atoms with Crippen LogP contribution in [-0.2, 0) is 46.4 Å². The standard InChI is InChI=1S/C30H38O9/c1-4-35-30(33)38-21(2)15-16-25(31)28-29(37-20-23-13-9-6-10-14-23)26(17-24(39-28)18-27(32)34-3)36-19-22-11-7-5-8-12-22/h5-16,21,24-26,28-29,31H,4,17-20H2,1-3H3/b16-15-/t21-,24+,25-,26+,28+,29-/m1/s1. The van der Waals surface area contributed by atoms with Crippen molar-refractivity contribution in [1.82, 2.24) is 0 Å². The summed E-state index contributed by atoms with van der Waals surface area (Å²) < 4.78 is 33.7. The predicted molar refractivity (Wildman–Crippen MR) is 143 cm³/mol. The Bertz CT molecular complexity index is 1030. The molecule has 9 nitrogen and oxygen atoms in total. The summed E-state index contributed by atoms with van der Waals surface area (Å²) in [5.41, 5.74) is 1.94. The molecule has 0 bridgehead atoms. The Labute approximate surface area is 229 Å². The first kappa shape index (κ1) is 30.3. The molecule has 0 saturated carbocycles. The molecule has 3 rings (SSSR count). The number of aliphatic hydroxyl groups excluding tert-OH is 1. The van der Waals surface area contributed by atoms with E-state index in [0.717, 1.165) is 11.1 Å². The molecule has 2 aromatic carbocycles. The van der Waals surface area contributed by atoms with Crippen molar-refractivity contribution in [2.24, 2.45) is 0 Å². The Morgan fingerprint density at radius 2 is 1.62 bits per heavy atom. The minimum Gasteiger partial charge on any atom is -0.469 e. The lowest BCUT2D eigenvalue weighted by Gasteiger charge is -2.42. The molecule has 0 aliphatic carbocycles. The molecule has 1 aliphatic rings. The molecule has 1 fully saturated rings. The zero-order valence-corrected chi connectivity index (χ0v) is 22.6. The van der Waals surface area contributed by atoms with Crippen LogP contribution in [0.25, 0.3) is 0 Å². The van der Waals surface area contributed by atoms with Crippen LogP contribution in [0, 0.1) is 0 Å². The van der Waals surface area contributed by atoms with E-state index in [1.54, 1.807) is 19.9 Å². The quantitative estimate of drug-likeness (QED) is 0.292. The number of carbonyl (C=O) groups excluding carboxylic acids is 2. The lowest BCUT2D eigenvalue weighted by atomic mass is 9.92. The van der Waals surface area contributed by atoms with E-state index in [9.17, 15) is 14.7 Å². The van der Waals surface area contributed by atoms with Crippen molar-refractivity contribution in [1.29, 1.82) is 0 Å². The highest BCUT2D eigenvalue weighted by Gasteiger charge is 2.44. The van der Waals surface area contributed by atoms with Gasteiger partial charge in [-0.25, -0.2) is 4.79 Å². The fourth-order valence-electron chi connectivity index (χ4n) is 4.27. The molecule has 0 amide bonds. The minimum atomic E-state index is -1.15. The molecule has 1 heterocycles. The number of methoxy groups -OCH3 is 1. The number of ether oxygens (including phenoxy) is 6. The highest BCUT2D eigenvalue weighted by molar-refractivity contribution is 5.69. The van der Waals surface area contributed by atoms with Gasteiger partial charge in [0.2, 0.25) is 0 Å². The van der Waals surface area contributed by atoms with Crippen molar-refractivity contribution in [2.75, 3.05) is 13.7 Å². The van der Waals surface area contributed by atoms with Crippen molar-refractivity contribution in [2.45, 2.75) is 76.5 Å². The number of aliphatic hydroxyl groups is 1. The fourth-order valence-corrected chi connectivity index (χ4v) is 4.27. The Balaban J connectivity index is 1.81. The van der Waals surface area contributed by atoms with Crippen molar-refractivity contribution in [3.63, 3.8) is 0 Å². The molecule has 39 heavy (non-hydrogen) atoms. The number of hydrogen-bond acceptors (Lipinski definition) is 9. The molecule has 1 N–H and O–H groups in total. The second-order valence-electron chi connectivity index (χ2n) is 9.22. The molecule has 2 aromatic rings. The van der Waals surface area contributed by atoms with Gasteiger partial charge in [0.05, 0.1) is 45.6 Å². The number of rotatable bonds is 13. The summed E-state index contributed by atoms with van der Waals surface area (Å²) >= 11 is 0. The van der Waals surface area contributed by atoms with Gasteiger partial charge in [0.25, 0.3) is 0 Å². The van der Waals surface area contributed by atoms with Gasteiger partial charge in [-0.3, -0.25) is 4.79 Å². The number of esters is 1. The van der Waals surface area contributed by atoms with Crippen LogP contribution in [0.2, 0.25) is 0 Å². The lowest BCUT2D eigenvalue weighted by Crippen LogP contribution is -2.55.